The third-order valence-electron chi connectivity index (χ3n) is 3.64. The van der Waals surface area contributed by atoms with Gasteiger partial charge in [0.15, 0.2) is 0 Å². The van der Waals surface area contributed by atoms with Gasteiger partial charge < -0.3 is 10.1 Å². The summed E-state index contributed by atoms with van der Waals surface area (Å²) in [6.07, 6.45) is 0. The molecule has 0 fully saturated rings. The van der Waals surface area contributed by atoms with Crippen LogP contribution in [0.5, 0.6) is 5.75 Å². The van der Waals surface area contributed by atoms with Crippen molar-refractivity contribution in [1.29, 1.82) is 0 Å². The zero-order valence-corrected chi connectivity index (χ0v) is 16.2. The Hall–Kier alpha value is -2.09. The average Bonchev–Trinajstić information content (AvgIpc) is 2.61. The summed E-state index contributed by atoms with van der Waals surface area (Å²) in [5, 5.41) is 3.22. The fraction of sp³-hybridized carbons (Fsp3) is 0.278. The zero-order chi connectivity index (χ0) is 19.2. The monoisotopic (exact) mass is 396 g/mol. The van der Waals surface area contributed by atoms with Gasteiger partial charge in [0, 0.05) is 18.6 Å². The summed E-state index contributed by atoms with van der Waals surface area (Å²) in [5.41, 5.74) is 0.763. The molecule has 0 saturated heterocycles. The molecule has 0 heterocycles. The Labute approximate surface area is 158 Å². The van der Waals surface area contributed by atoms with Crippen molar-refractivity contribution < 1.29 is 17.9 Å². The van der Waals surface area contributed by atoms with E-state index >= 15 is 0 Å². The zero-order valence-electron chi connectivity index (χ0n) is 14.6. The third kappa shape index (κ3) is 5.20. The van der Waals surface area contributed by atoms with Crippen LogP contribution in [0.3, 0.4) is 0 Å². The minimum Gasteiger partial charge on any atom is -0.494 e. The fourth-order valence-electron chi connectivity index (χ4n) is 2.23. The molecule has 0 bridgehead atoms. The van der Waals surface area contributed by atoms with Crippen molar-refractivity contribution >= 4 is 27.5 Å². The smallest absolute Gasteiger partial charge is 0.243 e. The van der Waals surface area contributed by atoms with Gasteiger partial charge in [0.2, 0.25) is 15.9 Å². The quantitative estimate of drug-likeness (QED) is 0.744. The van der Waals surface area contributed by atoms with Crippen LogP contribution in [0.25, 0.3) is 0 Å². The summed E-state index contributed by atoms with van der Waals surface area (Å²) < 4.78 is 31.4. The first kappa shape index (κ1) is 20.2. The van der Waals surface area contributed by atoms with Crippen molar-refractivity contribution in [3.05, 3.63) is 59.1 Å². The molecule has 0 spiro atoms. The largest absolute Gasteiger partial charge is 0.494 e. The van der Waals surface area contributed by atoms with Crippen LogP contribution in [0.15, 0.2) is 53.4 Å². The number of nitrogens with zero attached hydrogens (tertiary/aromatic N) is 1. The topological polar surface area (TPSA) is 75.7 Å². The van der Waals surface area contributed by atoms with Crippen molar-refractivity contribution in [1.82, 2.24) is 9.62 Å². The van der Waals surface area contributed by atoms with E-state index in [2.05, 4.69) is 5.32 Å². The van der Waals surface area contributed by atoms with E-state index in [1.54, 1.807) is 30.3 Å². The summed E-state index contributed by atoms with van der Waals surface area (Å²) >= 11 is 6.03. The average molecular weight is 397 g/mol. The summed E-state index contributed by atoms with van der Waals surface area (Å²) in [4.78, 5) is 12.2. The van der Waals surface area contributed by atoms with Crippen LogP contribution >= 0.6 is 11.6 Å². The van der Waals surface area contributed by atoms with Gasteiger partial charge in [0.25, 0.3) is 0 Å². The number of hydrogen-bond acceptors (Lipinski definition) is 4. The Morgan fingerprint density at radius 3 is 2.42 bits per heavy atom. The van der Waals surface area contributed by atoms with Crippen LogP contribution in [0.1, 0.15) is 12.5 Å². The number of hydrogen-bond donors (Lipinski definition) is 1. The normalized spacial score (nSPS) is 11.4. The summed E-state index contributed by atoms with van der Waals surface area (Å²) in [7, 11) is -2.40. The first-order chi connectivity index (χ1) is 12.3. The van der Waals surface area contributed by atoms with E-state index in [4.69, 9.17) is 16.3 Å². The Morgan fingerprint density at radius 1 is 1.15 bits per heavy atom. The number of rotatable bonds is 8. The van der Waals surface area contributed by atoms with Gasteiger partial charge in [-0.05, 0) is 42.8 Å². The van der Waals surface area contributed by atoms with Crippen LogP contribution in [0.4, 0.5) is 0 Å². The lowest BCUT2D eigenvalue weighted by Gasteiger charge is -2.17. The highest BCUT2D eigenvalue weighted by Gasteiger charge is 2.23. The fourth-order valence-corrected chi connectivity index (χ4v) is 3.56. The molecule has 140 valence electrons. The summed E-state index contributed by atoms with van der Waals surface area (Å²) in [6, 6.07) is 13.2. The molecule has 0 saturated carbocycles. The van der Waals surface area contributed by atoms with E-state index in [1.807, 2.05) is 13.0 Å². The van der Waals surface area contributed by atoms with Crippen LogP contribution < -0.4 is 10.1 Å². The highest BCUT2D eigenvalue weighted by atomic mass is 35.5. The van der Waals surface area contributed by atoms with E-state index in [1.165, 1.54) is 19.2 Å². The number of carbonyl (C=O) groups is 1. The minimum atomic E-state index is -3.77. The first-order valence-electron chi connectivity index (χ1n) is 8.04. The van der Waals surface area contributed by atoms with Gasteiger partial charge in [-0.1, -0.05) is 29.8 Å². The third-order valence-corrected chi connectivity index (χ3v) is 5.83. The van der Waals surface area contributed by atoms with E-state index in [0.717, 1.165) is 9.87 Å². The Morgan fingerprint density at radius 2 is 1.81 bits per heavy atom. The lowest BCUT2D eigenvalue weighted by molar-refractivity contribution is -0.121. The number of sulfonamides is 1. The summed E-state index contributed by atoms with van der Waals surface area (Å²) in [6.45, 7) is 2.28. The van der Waals surface area contributed by atoms with Crippen molar-refractivity contribution in [3.63, 3.8) is 0 Å². The molecular formula is C18H21ClN2O4S. The maximum atomic E-state index is 12.5. The number of nitrogens with one attached hydrogen (secondary N) is 1. The molecule has 0 unspecified atom stereocenters. The number of amides is 1. The van der Waals surface area contributed by atoms with Crippen LogP contribution in [-0.4, -0.2) is 38.8 Å². The van der Waals surface area contributed by atoms with Crippen LogP contribution in [-0.2, 0) is 21.4 Å². The van der Waals surface area contributed by atoms with Gasteiger partial charge in [0.1, 0.15) is 5.75 Å². The van der Waals surface area contributed by atoms with Crippen molar-refractivity contribution in [2.45, 2.75) is 18.4 Å². The molecule has 2 rings (SSSR count). The van der Waals surface area contributed by atoms with Gasteiger partial charge in [-0.15, -0.1) is 0 Å². The summed E-state index contributed by atoms with van der Waals surface area (Å²) in [5.74, 6) is 0.175. The molecule has 1 N–H and O–H groups in total. The SMILES string of the molecule is CCOc1ccc(S(=O)(=O)N(C)CC(=O)NCc2ccccc2Cl)cc1. The lowest BCUT2D eigenvalue weighted by Crippen LogP contribution is -2.38. The molecule has 0 radical (unpaired) electrons. The second-order valence-electron chi connectivity index (χ2n) is 5.53. The first-order valence-corrected chi connectivity index (χ1v) is 9.85. The molecule has 0 atom stereocenters. The van der Waals surface area contributed by atoms with Crippen molar-refractivity contribution in [3.8, 4) is 5.75 Å². The minimum absolute atomic E-state index is 0.0994. The molecule has 0 aromatic heterocycles. The standard InChI is InChI=1S/C18H21ClN2O4S/c1-3-25-15-8-10-16(11-9-15)26(23,24)21(2)13-18(22)20-12-14-6-4-5-7-17(14)19/h4-11H,3,12-13H2,1-2H3,(H,20,22). The van der Waals surface area contributed by atoms with E-state index in [-0.39, 0.29) is 18.0 Å². The van der Waals surface area contributed by atoms with Gasteiger partial charge in [0.05, 0.1) is 18.0 Å². The predicted octanol–water partition coefficient (Wildman–Crippen LogP) is 2.68. The highest BCUT2D eigenvalue weighted by molar-refractivity contribution is 7.89. The predicted molar refractivity (Wildman–Crippen MR) is 101 cm³/mol. The maximum absolute atomic E-state index is 12.5. The lowest BCUT2D eigenvalue weighted by atomic mass is 10.2. The number of benzene rings is 2. The Balaban J connectivity index is 1.97. The highest BCUT2D eigenvalue weighted by Crippen LogP contribution is 2.19. The second-order valence-corrected chi connectivity index (χ2v) is 7.99. The molecule has 6 nitrogen and oxygen atoms in total. The van der Waals surface area contributed by atoms with Gasteiger partial charge in [-0.25, -0.2) is 8.42 Å². The van der Waals surface area contributed by atoms with E-state index in [9.17, 15) is 13.2 Å². The molecule has 0 aliphatic heterocycles. The van der Waals surface area contributed by atoms with Gasteiger partial charge in [-0.2, -0.15) is 4.31 Å². The van der Waals surface area contributed by atoms with E-state index < -0.39 is 15.9 Å². The van der Waals surface area contributed by atoms with Crippen LogP contribution in [0.2, 0.25) is 5.02 Å². The van der Waals surface area contributed by atoms with Crippen LogP contribution in [0, 0.1) is 0 Å². The maximum Gasteiger partial charge on any atom is 0.243 e. The number of likely N-dealkylation sites (N-methyl/N-ethyl adjacent to an activating group) is 1. The molecule has 8 heteroatoms. The Kier molecular flexibility index (Phi) is 7.02. The van der Waals surface area contributed by atoms with Crippen molar-refractivity contribution in [2.75, 3.05) is 20.2 Å². The number of ether oxygens (including phenoxy) is 1. The van der Waals surface area contributed by atoms with Crippen molar-refractivity contribution in [2.24, 2.45) is 0 Å². The molecule has 0 aliphatic rings. The molecule has 26 heavy (non-hydrogen) atoms. The second kappa shape index (κ2) is 9.02. The van der Waals surface area contributed by atoms with E-state index in [0.29, 0.717) is 17.4 Å². The molecular weight excluding hydrogens is 376 g/mol. The number of halogens is 1. The molecule has 2 aromatic carbocycles. The van der Waals surface area contributed by atoms with Gasteiger partial charge >= 0.3 is 0 Å². The number of carbonyl (C=O) groups excluding carboxylic acids is 1. The molecule has 0 aliphatic carbocycles. The van der Waals surface area contributed by atoms with Gasteiger partial charge in [-0.3, -0.25) is 4.79 Å². The Bertz CT molecular complexity index is 854. The molecule has 2 aromatic rings. The molecule has 1 amide bonds.